The van der Waals surface area contributed by atoms with Crippen LogP contribution in [0.5, 0.6) is 11.5 Å². The van der Waals surface area contributed by atoms with Crippen molar-refractivity contribution < 1.29 is 19.0 Å². The number of nitrogens with one attached hydrogen (secondary N) is 1. The Kier molecular flexibility index (Phi) is 4.57. The molecule has 0 unspecified atom stereocenters. The molecule has 1 aliphatic heterocycles. The molecule has 140 valence electrons. The Labute approximate surface area is 160 Å². The molecule has 27 heavy (non-hydrogen) atoms. The van der Waals surface area contributed by atoms with Crippen LogP contribution in [0.1, 0.15) is 33.5 Å². The number of thiophene rings is 1. The van der Waals surface area contributed by atoms with E-state index >= 15 is 0 Å². The summed E-state index contributed by atoms with van der Waals surface area (Å²) in [6.07, 6.45) is 0. The summed E-state index contributed by atoms with van der Waals surface area (Å²) in [6, 6.07) is 5.83. The summed E-state index contributed by atoms with van der Waals surface area (Å²) in [5.41, 5.74) is 1.88. The minimum absolute atomic E-state index is 0.253. The molecule has 1 aliphatic rings. The first-order valence-corrected chi connectivity index (χ1v) is 9.45. The van der Waals surface area contributed by atoms with Crippen LogP contribution >= 0.6 is 11.3 Å². The molecular formula is C19H19N3O4S. The van der Waals surface area contributed by atoms with Crippen molar-refractivity contribution in [2.24, 2.45) is 0 Å². The third-order valence-electron chi connectivity index (χ3n) is 4.26. The molecule has 3 aromatic rings. The molecule has 0 spiro atoms. The first kappa shape index (κ1) is 17.5. The standard InChI is InChI=1S/C19H19N3O4S/c1-4-24-19(23)16-10(2)15-17(21-11(3)22-18(15)27-16)20-8-12-5-6-13-14(7-12)26-9-25-13/h5-7H,4,8-9H2,1-3H3,(H,20,21,22). The molecule has 1 aromatic carbocycles. The Morgan fingerprint density at radius 3 is 2.89 bits per heavy atom. The van der Waals surface area contributed by atoms with Gasteiger partial charge in [-0.15, -0.1) is 11.3 Å². The van der Waals surface area contributed by atoms with Gasteiger partial charge in [-0.1, -0.05) is 6.07 Å². The number of anilines is 1. The largest absolute Gasteiger partial charge is 0.462 e. The summed E-state index contributed by atoms with van der Waals surface area (Å²) in [5, 5.41) is 4.22. The molecule has 0 radical (unpaired) electrons. The summed E-state index contributed by atoms with van der Waals surface area (Å²) >= 11 is 1.34. The normalized spacial score (nSPS) is 12.4. The summed E-state index contributed by atoms with van der Waals surface area (Å²) in [6.45, 7) is 6.68. The van der Waals surface area contributed by atoms with Crippen molar-refractivity contribution in [3.8, 4) is 11.5 Å². The molecule has 0 saturated heterocycles. The van der Waals surface area contributed by atoms with E-state index in [-0.39, 0.29) is 12.8 Å². The Balaban J connectivity index is 1.65. The van der Waals surface area contributed by atoms with E-state index in [0.29, 0.717) is 29.7 Å². The van der Waals surface area contributed by atoms with E-state index in [2.05, 4.69) is 15.3 Å². The highest BCUT2D eigenvalue weighted by atomic mass is 32.1. The number of aromatic nitrogens is 2. The van der Waals surface area contributed by atoms with Crippen molar-refractivity contribution in [2.75, 3.05) is 18.7 Å². The Morgan fingerprint density at radius 1 is 1.26 bits per heavy atom. The van der Waals surface area contributed by atoms with Gasteiger partial charge in [0.05, 0.1) is 12.0 Å². The van der Waals surface area contributed by atoms with Crippen molar-refractivity contribution in [3.63, 3.8) is 0 Å². The van der Waals surface area contributed by atoms with Crippen LogP contribution in [0.15, 0.2) is 18.2 Å². The van der Waals surface area contributed by atoms with E-state index in [9.17, 15) is 4.79 Å². The van der Waals surface area contributed by atoms with Gasteiger partial charge in [0.25, 0.3) is 0 Å². The summed E-state index contributed by atoms with van der Waals surface area (Å²) in [4.78, 5) is 22.6. The number of esters is 1. The van der Waals surface area contributed by atoms with Gasteiger partial charge >= 0.3 is 5.97 Å². The maximum Gasteiger partial charge on any atom is 0.348 e. The van der Waals surface area contributed by atoms with Crippen LogP contribution in [0.4, 0.5) is 5.82 Å². The number of rotatable bonds is 5. The third kappa shape index (κ3) is 3.28. The quantitative estimate of drug-likeness (QED) is 0.669. The maximum absolute atomic E-state index is 12.2. The lowest BCUT2D eigenvalue weighted by Gasteiger charge is -2.09. The summed E-state index contributed by atoms with van der Waals surface area (Å²) in [7, 11) is 0. The topological polar surface area (TPSA) is 82.6 Å². The van der Waals surface area contributed by atoms with Gasteiger partial charge in [-0.25, -0.2) is 14.8 Å². The van der Waals surface area contributed by atoms with Crippen LogP contribution in [0.3, 0.4) is 0 Å². The SMILES string of the molecule is CCOC(=O)c1sc2nc(C)nc(NCc3ccc4c(c3)OCO4)c2c1C. The number of aryl methyl sites for hydroxylation is 2. The second-order valence-electron chi connectivity index (χ2n) is 6.12. The molecule has 0 fully saturated rings. The first-order chi connectivity index (χ1) is 13.1. The number of fused-ring (bicyclic) bond motifs is 2. The lowest BCUT2D eigenvalue weighted by atomic mass is 10.1. The van der Waals surface area contributed by atoms with Gasteiger partial charge in [0, 0.05) is 6.54 Å². The van der Waals surface area contributed by atoms with Crippen molar-refractivity contribution in [3.05, 3.63) is 40.0 Å². The van der Waals surface area contributed by atoms with E-state index in [1.54, 1.807) is 6.92 Å². The fourth-order valence-electron chi connectivity index (χ4n) is 3.00. The summed E-state index contributed by atoms with van der Waals surface area (Å²) < 4.78 is 15.9. The minimum atomic E-state index is -0.322. The second kappa shape index (κ2) is 7.03. The van der Waals surface area contributed by atoms with Crippen LogP contribution < -0.4 is 14.8 Å². The Bertz CT molecular complexity index is 1030. The van der Waals surface area contributed by atoms with Crippen molar-refractivity contribution in [1.82, 2.24) is 9.97 Å². The van der Waals surface area contributed by atoms with Crippen molar-refractivity contribution >= 4 is 33.3 Å². The zero-order chi connectivity index (χ0) is 19.0. The molecular weight excluding hydrogens is 366 g/mol. The van der Waals surface area contributed by atoms with Crippen LogP contribution in [0.2, 0.25) is 0 Å². The van der Waals surface area contributed by atoms with E-state index < -0.39 is 0 Å². The number of nitrogens with zero attached hydrogens (tertiary/aromatic N) is 2. The first-order valence-electron chi connectivity index (χ1n) is 8.64. The minimum Gasteiger partial charge on any atom is -0.462 e. The molecule has 7 nitrogen and oxygen atoms in total. The smallest absolute Gasteiger partial charge is 0.348 e. The van der Waals surface area contributed by atoms with Gasteiger partial charge in [0.15, 0.2) is 11.5 Å². The lowest BCUT2D eigenvalue weighted by Crippen LogP contribution is -2.05. The van der Waals surface area contributed by atoms with E-state index in [0.717, 1.165) is 32.8 Å². The van der Waals surface area contributed by atoms with E-state index in [4.69, 9.17) is 14.2 Å². The molecule has 0 atom stereocenters. The molecule has 3 heterocycles. The average Bonchev–Trinajstić information content (AvgIpc) is 3.23. The predicted octanol–water partition coefficient (Wildman–Crippen LogP) is 3.83. The Morgan fingerprint density at radius 2 is 2.07 bits per heavy atom. The highest BCUT2D eigenvalue weighted by Crippen LogP contribution is 2.35. The molecule has 2 aromatic heterocycles. The van der Waals surface area contributed by atoms with Crippen LogP contribution in [-0.4, -0.2) is 29.3 Å². The van der Waals surface area contributed by atoms with E-state index in [1.165, 1.54) is 11.3 Å². The number of carbonyl (C=O) groups is 1. The number of benzene rings is 1. The van der Waals surface area contributed by atoms with Crippen LogP contribution in [0, 0.1) is 13.8 Å². The number of ether oxygens (including phenoxy) is 3. The number of hydrogen-bond donors (Lipinski definition) is 1. The van der Waals surface area contributed by atoms with Gasteiger partial charge < -0.3 is 19.5 Å². The molecule has 0 aliphatic carbocycles. The van der Waals surface area contributed by atoms with Gasteiger partial charge in [-0.3, -0.25) is 0 Å². The van der Waals surface area contributed by atoms with Crippen LogP contribution in [0.25, 0.3) is 10.2 Å². The molecule has 0 bridgehead atoms. The zero-order valence-corrected chi connectivity index (χ0v) is 16.1. The third-order valence-corrected chi connectivity index (χ3v) is 5.43. The highest BCUT2D eigenvalue weighted by Gasteiger charge is 2.21. The fourth-order valence-corrected chi connectivity index (χ4v) is 4.12. The van der Waals surface area contributed by atoms with Gasteiger partial charge in [-0.05, 0) is 44.0 Å². The van der Waals surface area contributed by atoms with Crippen molar-refractivity contribution in [2.45, 2.75) is 27.3 Å². The highest BCUT2D eigenvalue weighted by molar-refractivity contribution is 7.20. The number of carbonyl (C=O) groups excluding carboxylic acids is 1. The zero-order valence-electron chi connectivity index (χ0n) is 15.3. The molecule has 4 rings (SSSR count). The Hall–Kier alpha value is -2.87. The maximum atomic E-state index is 12.2. The molecule has 0 saturated carbocycles. The second-order valence-corrected chi connectivity index (χ2v) is 7.12. The molecule has 0 amide bonds. The molecule has 1 N–H and O–H groups in total. The van der Waals surface area contributed by atoms with E-state index in [1.807, 2.05) is 32.0 Å². The molecule has 8 heteroatoms. The monoisotopic (exact) mass is 385 g/mol. The van der Waals surface area contributed by atoms with Crippen molar-refractivity contribution in [1.29, 1.82) is 0 Å². The average molecular weight is 385 g/mol. The number of hydrogen-bond acceptors (Lipinski definition) is 8. The van der Waals surface area contributed by atoms with Gasteiger partial charge in [0.2, 0.25) is 6.79 Å². The van der Waals surface area contributed by atoms with Gasteiger partial charge in [-0.2, -0.15) is 0 Å². The predicted molar refractivity (Wildman–Crippen MR) is 103 cm³/mol. The fraction of sp³-hybridized carbons (Fsp3) is 0.316. The van der Waals surface area contributed by atoms with Crippen LogP contribution in [-0.2, 0) is 11.3 Å². The summed E-state index contributed by atoms with van der Waals surface area (Å²) in [5.74, 6) is 2.53. The van der Waals surface area contributed by atoms with Gasteiger partial charge in [0.1, 0.15) is 21.3 Å². The lowest BCUT2D eigenvalue weighted by molar-refractivity contribution is 0.0531.